The Balaban J connectivity index is 1.23. The number of nitrogens with zero attached hydrogens (tertiary/aromatic N) is 4. The average molecular weight is 529 g/mol. The first kappa shape index (κ1) is 24.9. The van der Waals surface area contributed by atoms with E-state index in [1.165, 1.54) is 7.11 Å². The number of methoxy groups -OCH3 is 1. The molecule has 0 spiro atoms. The minimum atomic E-state index is -0.334. The van der Waals surface area contributed by atoms with Crippen molar-refractivity contribution in [1.29, 1.82) is 0 Å². The van der Waals surface area contributed by atoms with Crippen molar-refractivity contribution >= 4 is 35.6 Å². The van der Waals surface area contributed by atoms with Crippen LogP contribution < -0.4 is 14.2 Å². The number of ether oxygens (including phenoxy) is 3. The Bertz CT molecular complexity index is 1370. The summed E-state index contributed by atoms with van der Waals surface area (Å²) >= 11 is 0. The molecule has 0 radical (unpaired) electrons. The molecule has 2 aromatic rings. The van der Waals surface area contributed by atoms with Gasteiger partial charge in [-0.2, -0.15) is 0 Å². The Morgan fingerprint density at radius 1 is 0.846 bits per heavy atom. The lowest BCUT2D eigenvalue weighted by Crippen LogP contribution is -2.35. The van der Waals surface area contributed by atoms with Gasteiger partial charge in [-0.15, -0.1) is 0 Å². The van der Waals surface area contributed by atoms with Gasteiger partial charge in [0.2, 0.25) is 6.79 Å². The molecule has 6 rings (SSSR count). The Morgan fingerprint density at radius 3 is 1.95 bits per heavy atom. The van der Waals surface area contributed by atoms with E-state index in [0.29, 0.717) is 71.2 Å². The van der Waals surface area contributed by atoms with Gasteiger partial charge in [0.1, 0.15) is 5.75 Å². The van der Waals surface area contributed by atoms with E-state index >= 15 is 0 Å². The zero-order valence-corrected chi connectivity index (χ0v) is 21.6. The highest BCUT2D eigenvalue weighted by Gasteiger charge is 2.35. The molecule has 10 nitrogen and oxygen atoms in total. The number of fused-ring (bicyclic) bond motifs is 4. The minimum absolute atomic E-state index is 0.119. The first-order valence-electron chi connectivity index (χ1n) is 12.6. The van der Waals surface area contributed by atoms with Gasteiger partial charge in [-0.3, -0.25) is 19.6 Å². The summed E-state index contributed by atoms with van der Waals surface area (Å²) in [4.78, 5) is 38.9. The molecule has 2 amide bonds. The van der Waals surface area contributed by atoms with Crippen LogP contribution in [0, 0.1) is 0 Å². The van der Waals surface area contributed by atoms with Crippen LogP contribution in [0.25, 0.3) is 0 Å². The lowest BCUT2D eigenvalue weighted by atomic mass is 10.1. The van der Waals surface area contributed by atoms with Gasteiger partial charge in [-0.05, 0) is 25.0 Å². The number of hydrogen-bond donors (Lipinski definition) is 1. The molecule has 0 unspecified atom stereocenters. The monoisotopic (exact) mass is 528 g/mol. The first-order chi connectivity index (χ1) is 18.9. The number of carbonyl (C=O) groups excluding carboxylic acids is 2. The van der Waals surface area contributed by atoms with Gasteiger partial charge in [0.05, 0.1) is 48.3 Å². The van der Waals surface area contributed by atoms with Crippen LogP contribution in [0.4, 0.5) is 11.4 Å². The van der Waals surface area contributed by atoms with Crippen molar-refractivity contribution in [2.24, 2.45) is 9.98 Å². The Kier molecular flexibility index (Phi) is 6.19. The van der Waals surface area contributed by atoms with Gasteiger partial charge >= 0.3 is 0 Å². The molecule has 4 heterocycles. The van der Waals surface area contributed by atoms with Crippen molar-refractivity contribution in [2.75, 3.05) is 27.0 Å². The summed E-state index contributed by atoms with van der Waals surface area (Å²) in [5.41, 5.74) is 4.18. The molecule has 0 bridgehead atoms. The summed E-state index contributed by atoms with van der Waals surface area (Å²) in [5.74, 6) is 0.763. The van der Waals surface area contributed by atoms with E-state index in [9.17, 15) is 14.7 Å². The van der Waals surface area contributed by atoms with E-state index in [1.807, 2.05) is 0 Å². The molecule has 200 valence electrons. The highest BCUT2D eigenvalue weighted by atomic mass is 16.7. The van der Waals surface area contributed by atoms with E-state index in [2.05, 4.69) is 23.1 Å². The largest absolute Gasteiger partial charge is 0.493 e. The quantitative estimate of drug-likeness (QED) is 0.453. The highest BCUT2D eigenvalue weighted by Crippen LogP contribution is 2.39. The maximum atomic E-state index is 13.2. The second-order valence-electron chi connectivity index (χ2n) is 10.0. The third-order valence-corrected chi connectivity index (χ3v) is 7.40. The SMILES string of the molecule is C=C1C[C@H]2C=Nc3cc(OCOc4cc5c(cc4OC)C(=O)N4CC(=C)C[C@H]4C=N5)c(CO)cc3C(=O)N2C1. The van der Waals surface area contributed by atoms with Crippen molar-refractivity contribution in [2.45, 2.75) is 31.5 Å². The Labute approximate surface area is 225 Å². The number of carbonyl (C=O) groups is 2. The minimum Gasteiger partial charge on any atom is -0.493 e. The number of benzene rings is 2. The van der Waals surface area contributed by atoms with Crippen molar-refractivity contribution in [3.05, 3.63) is 65.3 Å². The van der Waals surface area contributed by atoms with Crippen LogP contribution in [0.3, 0.4) is 0 Å². The molecule has 0 aliphatic carbocycles. The van der Waals surface area contributed by atoms with Crippen LogP contribution in [-0.2, 0) is 6.61 Å². The molecule has 4 aliphatic heterocycles. The van der Waals surface area contributed by atoms with E-state index in [0.717, 1.165) is 11.1 Å². The highest BCUT2D eigenvalue weighted by molar-refractivity contribution is 6.04. The van der Waals surface area contributed by atoms with Crippen molar-refractivity contribution in [1.82, 2.24) is 9.80 Å². The van der Waals surface area contributed by atoms with Gasteiger partial charge in [-0.25, -0.2) is 0 Å². The van der Waals surface area contributed by atoms with Crippen LogP contribution in [-0.4, -0.2) is 78.2 Å². The first-order valence-corrected chi connectivity index (χ1v) is 12.6. The molecule has 2 saturated heterocycles. The standard InChI is InChI=1S/C29H28N4O6/c1-16-4-19-10-30-23-8-25(18(14-34)6-21(23)28(35)32(19)12-16)38-15-39-27-9-24-22(7-26(27)37-3)29(36)33-13-17(2)5-20(33)11-31-24/h6-11,19-20,34H,1-2,4-5,12-15H2,3H3/t19-,20-/m0/s1. The average Bonchev–Trinajstić information content (AvgIpc) is 3.44. The number of hydrogen-bond acceptors (Lipinski definition) is 8. The fraction of sp³-hybridized carbons (Fsp3) is 0.310. The van der Waals surface area contributed by atoms with Gasteiger partial charge in [0.15, 0.2) is 11.5 Å². The number of aliphatic imine (C=N–C) groups is 2. The maximum absolute atomic E-state index is 13.2. The summed E-state index contributed by atoms with van der Waals surface area (Å²) in [5, 5.41) is 10.00. The molecule has 2 atom stereocenters. The van der Waals surface area contributed by atoms with Crippen LogP contribution >= 0.6 is 0 Å². The molecule has 10 heteroatoms. The van der Waals surface area contributed by atoms with E-state index < -0.39 is 0 Å². The molecule has 2 fully saturated rings. The predicted octanol–water partition coefficient (Wildman–Crippen LogP) is 3.58. The second-order valence-corrected chi connectivity index (χ2v) is 10.0. The molecule has 0 saturated carbocycles. The van der Waals surface area contributed by atoms with Crippen molar-refractivity contribution < 1.29 is 28.9 Å². The predicted molar refractivity (Wildman–Crippen MR) is 145 cm³/mol. The van der Waals surface area contributed by atoms with Crippen molar-refractivity contribution in [3.63, 3.8) is 0 Å². The van der Waals surface area contributed by atoms with Crippen LogP contribution in [0.5, 0.6) is 17.2 Å². The summed E-state index contributed by atoms with van der Waals surface area (Å²) < 4.78 is 17.3. The molecule has 2 aromatic carbocycles. The number of aliphatic hydroxyl groups is 1. The van der Waals surface area contributed by atoms with Gasteiger partial charge < -0.3 is 29.1 Å². The fourth-order valence-electron chi connectivity index (χ4n) is 5.42. The van der Waals surface area contributed by atoms with Crippen LogP contribution in [0.2, 0.25) is 0 Å². The molecule has 39 heavy (non-hydrogen) atoms. The third kappa shape index (κ3) is 4.36. The van der Waals surface area contributed by atoms with E-state index in [4.69, 9.17) is 14.2 Å². The van der Waals surface area contributed by atoms with E-state index in [1.54, 1.807) is 46.5 Å². The van der Waals surface area contributed by atoms with Crippen molar-refractivity contribution in [3.8, 4) is 17.2 Å². The zero-order chi connectivity index (χ0) is 27.3. The third-order valence-electron chi connectivity index (χ3n) is 7.40. The zero-order valence-electron chi connectivity index (χ0n) is 21.6. The number of amides is 2. The normalized spacial score (nSPS) is 21.3. The molecular formula is C29H28N4O6. The molecule has 0 aromatic heterocycles. The number of aliphatic hydroxyl groups excluding tert-OH is 1. The Hall–Kier alpha value is -4.44. The summed E-state index contributed by atoms with van der Waals surface area (Å²) in [6, 6.07) is 6.26. The second kappa shape index (κ2) is 9.70. The lowest BCUT2D eigenvalue weighted by Gasteiger charge is -2.20. The van der Waals surface area contributed by atoms with Crippen LogP contribution in [0.15, 0.2) is 58.6 Å². The topological polar surface area (TPSA) is 113 Å². The summed E-state index contributed by atoms with van der Waals surface area (Å²) in [7, 11) is 1.49. The summed E-state index contributed by atoms with van der Waals surface area (Å²) in [6.45, 7) is 8.44. The van der Waals surface area contributed by atoms with Gasteiger partial charge in [-0.1, -0.05) is 24.3 Å². The maximum Gasteiger partial charge on any atom is 0.257 e. The Morgan fingerprint density at radius 2 is 1.38 bits per heavy atom. The summed E-state index contributed by atoms with van der Waals surface area (Å²) in [6.07, 6.45) is 4.89. The lowest BCUT2D eigenvalue weighted by molar-refractivity contribution is 0.0770. The molecular weight excluding hydrogens is 500 g/mol. The fourth-order valence-corrected chi connectivity index (χ4v) is 5.42. The van der Waals surface area contributed by atoms with E-state index in [-0.39, 0.29) is 37.3 Å². The van der Waals surface area contributed by atoms with Crippen LogP contribution in [0.1, 0.15) is 39.1 Å². The smallest absolute Gasteiger partial charge is 0.257 e. The molecule has 1 N–H and O–H groups in total. The molecule has 4 aliphatic rings. The number of rotatable bonds is 6. The van der Waals surface area contributed by atoms with Gasteiger partial charge in [0.25, 0.3) is 11.8 Å². The van der Waals surface area contributed by atoms with Gasteiger partial charge in [0, 0.05) is 43.2 Å².